The molecule has 0 bridgehead atoms. The fourth-order valence-electron chi connectivity index (χ4n) is 2.00. The van der Waals surface area contributed by atoms with Crippen molar-refractivity contribution in [3.05, 3.63) is 47.3 Å². The lowest BCUT2D eigenvalue weighted by Gasteiger charge is -2.14. The standard InChI is InChI=1S/C14H18N4O.ClH/c1-9(12-8-16-18(3)10(12)2)17-14(19)11-6-4-5-7-13(11)15;/h4-9H,15H2,1-3H3,(H,17,19);1H. The molecule has 0 saturated heterocycles. The first-order valence-corrected chi connectivity index (χ1v) is 6.14. The van der Waals surface area contributed by atoms with E-state index < -0.39 is 0 Å². The van der Waals surface area contributed by atoms with Crippen LogP contribution in [0.2, 0.25) is 0 Å². The predicted molar refractivity (Wildman–Crippen MR) is 81.9 cm³/mol. The molecule has 0 aliphatic carbocycles. The molecule has 2 rings (SSSR count). The number of hydrogen-bond donors (Lipinski definition) is 2. The molecule has 1 aromatic heterocycles. The Morgan fingerprint density at radius 1 is 1.40 bits per heavy atom. The van der Waals surface area contributed by atoms with Gasteiger partial charge in [0.25, 0.3) is 5.91 Å². The van der Waals surface area contributed by atoms with E-state index in [0.717, 1.165) is 11.3 Å². The van der Waals surface area contributed by atoms with Crippen molar-refractivity contribution >= 4 is 24.0 Å². The summed E-state index contributed by atoms with van der Waals surface area (Å²) in [7, 11) is 1.88. The number of benzene rings is 1. The number of nitrogens with zero attached hydrogens (tertiary/aromatic N) is 2. The third kappa shape index (κ3) is 3.11. The summed E-state index contributed by atoms with van der Waals surface area (Å²) in [5.74, 6) is -0.172. The second-order valence-corrected chi connectivity index (χ2v) is 4.59. The van der Waals surface area contributed by atoms with Crippen LogP contribution in [0.3, 0.4) is 0 Å². The Morgan fingerprint density at radius 2 is 2.05 bits per heavy atom. The summed E-state index contributed by atoms with van der Waals surface area (Å²) in [6.45, 7) is 3.91. The number of aromatic nitrogens is 2. The number of carbonyl (C=O) groups is 1. The minimum atomic E-state index is -0.172. The van der Waals surface area contributed by atoms with Gasteiger partial charge >= 0.3 is 0 Å². The van der Waals surface area contributed by atoms with Crippen molar-refractivity contribution in [1.82, 2.24) is 15.1 Å². The molecule has 3 N–H and O–H groups in total. The Kier molecular flexibility index (Phi) is 5.16. The molecule has 0 radical (unpaired) electrons. The largest absolute Gasteiger partial charge is 0.398 e. The summed E-state index contributed by atoms with van der Waals surface area (Å²) in [6, 6.07) is 6.93. The summed E-state index contributed by atoms with van der Waals surface area (Å²) in [5, 5.41) is 7.11. The number of hydrogen-bond acceptors (Lipinski definition) is 3. The summed E-state index contributed by atoms with van der Waals surface area (Å²) in [4.78, 5) is 12.1. The molecular formula is C14H19ClN4O. The van der Waals surface area contributed by atoms with E-state index in [2.05, 4.69) is 10.4 Å². The van der Waals surface area contributed by atoms with Crippen LogP contribution in [0.5, 0.6) is 0 Å². The summed E-state index contributed by atoms with van der Waals surface area (Å²) in [5.41, 5.74) is 8.81. The number of nitrogens with one attached hydrogen (secondary N) is 1. The van der Waals surface area contributed by atoms with Crippen LogP contribution >= 0.6 is 12.4 Å². The van der Waals surface area contributed by atoms with Gasteiger partial charge in [0.2, 0.25) is 0 Å². The van der Waals surface area contributed by atoms with Crippen molar-refractivity contribution in [2.45, 2.75) is 19.9 Å². The van der Waals surface area contributed by atoms with Gasteiger partial charge in [-0.3, -0.25) is 9.48 Å². The van der Waals surface area contributed by atoms with E-state index in [1.807, 2.05) is 20.9 Å². The lowest BCUT2D eigenvalue weighted by Crippen LogP contribution is -2.27. The van der Waals surface area contributed by atoms with Gasteiger partial charge in [-0.05, 0) is 26.0 Å². The number of anilines is 1. The van der Waals surface area contributed by atoms with Gasteiger partial charge in [0.05, 0.1) is 17.8 Å². The second kappa shape index (κ2) is 6.43. The number of aryl methyl sites for hydroxylation is 1. The number of rotatable bonds is 3. The van der Waals surface area contributed by atoms with Gasteiger partial charge in [-0.1, -0.05) is 12.1 Å². The van der Waals surface area contributed by atoms with Crippen LogP contribution in [0.15, 0.2) is 30.5 Å². The van der Waals surface area contributed by atoms with E-state index >= 15 is 0 Å². The van der Waals surface area contributed by atoms with Gasteiger partial charge < -0.3 is 11.1 Å². The molecule has 1 heterocycles. The van der Waals surface area contributed by atoms with E-state index in [0.29, 0.717) is 11.3 Å². The average molecular weight is 295 g/mol. The van der Waals surface area contributed by atoms with Gasteiger partial charge in [0, 0.05) is 24.0 Å². The molecule has 2 aromatic rings. The average Bonchev–Trinajstić information content (AvgIpc) is 2.70. The number of nitrogens with two attached hydrogens (primary N) is 1. The Labute approximate surface area is 124 Å². The fourth-order valence-corrected chi connectivity index (χ4v) is 2.00. The number of para-hydroxylation sites is 1. The van der Waals surface area contributed by atoms with Crippen molar-refractivity contribution in [2.24, 2.45) is 7.05 Å². The highest BCUT2D eigenvalue weighted by Gasteiger charge is 2.16. The van der Waals surface area contributed by atoms with E-state index in [-0.39, 0.29) is 24.4 Å². The van der Waals surface area contributed by atoms with Crippen molar-refractivity contribution in [2.75, 3.05) is 5.73 Å². The highest BCUT2D eigenvalue weighted by Crippen LogP contribution is 2.18. The maximum absolute atomic E-state index is 12.1. The first kappa shape index (κ1) is 16.0. The third-order valence-corrected chi connectivity index (χ3v) is 3.29. The molecule has 6 heteroatoms. The van der Waals surface area contributed by atoms with E-state index in [4.69, 9.17) is 5.73 Å². The topological polar surface area (TPSA) is 72.9 Å². The minimum Gasteiger partial charge on any atom is -0.398 e. The second-order valence-electron chi connectivity index (χ2n) is 4.59. The van der Waals surface area contributed by atoms with Crippen LogP contribution in [0.1, 0.15) is 34.6 Å². The monoisotopic (exact) mass is 294 g/mol. The minimum absolute atomic E-state index is 0. The molecule has 0 saturated carbocycles. The molecule has 0 aliphatic rings. The number of carbonyl (C=O) groups excluding carboxylic acids is 1. The van der Waals surface area contributed by atoms with Crippen LogP contribution in [0.25, 0.3) is 0 Å². The van der Waals surface area contributed by atoms with Crippen molar-refractivity contribution in [1.29, 1.82) is 0 Å². The lowest BCUT2D eigenvalue weighted by molar-refractivity contribution is 0.0940. The van der Waals surface area contributed by atoms with Gasteiger partial charge in [-0.2, -0.15) is 5.10 Å². The van der Waals surface area contributed by atoms with Crippen LogP contribution in [0, 0.1) is 6.92 Å². The molecular weight excluding hydrogens is 276 g/mol. The van der Waals surface area contributed by atoms with Gasteiger partial charge in [-0.15, -0.1) is 12.4 Å². The third-order valence-electron chi connectivity index (χ3n) is 3.29. The zero-order valence-corrected chi connectivity index (χ0v) is 12.6. The molecule has 108 valence electrons. The van der Waals surface area contributed by atoms with Crippen LogP contribution in [0.4, 0.5) is 5.69 Å². The Bertz CT molecular complexity index is 609. The van der Waals surface area contributed by atoms with Gasteiger partial charge in [-0.25, -0.2) is 0 Å². The van der Waals surface area contributed by atoms with Crippen LogP contribution < -0.4 is 11.1 Å². The Hall–Kier alpha value is -2.01. The van der Waals surface area contributed by atoms with Gasteiger partial charge in [0.15, 0.2) is 0 Å². The quantitative estimate of drug-likeness (QED) is 0.853. The van der Waals surface area contributed by atoms with Crippen LogP contribution in [-0.2, 0) is 7.05 Å². The molecule has 1 unspecified atom stereocenters. The first-order valence-electron chi connectivity index (χ1n) is 6.14. The molecule has 1 atom stereocenters. The summed E-state index contributed by atoms with van der Waals surface area (Å²) in [6.07, 6.45) is 1.77. The normalized spacial score (nSPS) is 11.6. The number of nitrogen functional groups attached to an aromatic ring is 1. The molecule has 5 nitrogen and oxygen atoms in total. The van der Waals surface area contributed by atoms with Crippen molar-refractivity contribution < 1.29 is 4.79 Å². The fraction of sp³-hybridized carbons (Fsp3) is 0.286. The SMILES string of the molecule is Cc1c(C(C)NC(=O)c2ccccc2N)cnn1C.Cl. The maximum Gasteiger partial charge on any atom is 0.253 e. The zero-order chi connectivity index (χ0) is 14.0. The van der Waals surface area contributed by atoms with Gasteiger partial charge in [0.1, 0.15) is 0 Å². The van der Waals surface area contributed by atoms with E-state index in [1.165, 1.54) is 0 Å². The molecule has 1 aromatic carbocycles. The maximum atomic E-state index is 12.1. The number of amides is 1. The predicted octanol–water partition coefficient (Wildman–Crippen LogP) is 2.22. The number of halogens is 1. The molecule has 20 heavy (non-hydrogen) atoms. The molecule has 0 aliphatic heterocycles. The van der Waals surface area contributed by atoms with Crippen molar-refractivity contribution in [3.8, 4) is 0 Å². The van der Waals surface area contributed by atoms with Crippen molar-refractivity contribution in [3.63, 3.8) is 0 Å². The first-order chi connectivity index (χ1) is 9.00. The zero-order valence-electron chi connectivity index (χ0n) is 11.8. The van der Waals surface area contributed by atoms with E-state index in [1.54, 1.807) is 35.1 Å². The highest BCUT2D eigenvalue weighted by molar-refractivity contribution is 5.99. The summed E-state index contributed by atoms with van der Waals surface area (Å²) < 4.78 is 1.79. The molecule has 1 amide bonds. The molecule has 0 fully saturated rings. The molecule has 0 spiro atoms. The smallest absolute Gasteiger partial charge is 0.253 e. The highest BCUT2D eigenvalue weighted by atomic mass is 35.5. The Morgan fingerprint density at radius 3 is 2.60 bits per heavy atom. The summed E-state index contributed by atoms with van der Waals surface area (Å²) >= 11 is 0. The van der Waals surface area contributed by atoms with Crippen LogP contribution in [-0.4, -0.2) is 15.7 Å². The lowest BCUT2D eigenvalue weighted by atomic mass is 10.1. The van der Waals surface area contributed by atoms with E-state index in [9.17, 15) is 4.79 Å². The Balaban J connectivity index is 0.00000200.